The van der Waals surface area contributed by atoms with Crippen LogP contribution in [0.5, 0.6) is 0 Å². The Bertz CT molecular complexity index is 329. The molecule has 15 heavy (non-hydrogen) atoms. The maximum atomic E-state index is 5.14. The number of benzene rings is 1. The summed E-state index contributed by atoms with van der Waals surface area (Å²) < 4.78 is 5.14. The molecule has 0 radical (unpaired) electrons. The first-order chi connectivity index (χ1) is 7.29. The highest BCUT2D eigenvalue weighted by molar-refractivity contribution is 8.00. The summed E-state index contributed by atoms with van der Waals surface area (Å²) in [5, 5.41) is 4.68. The topological polar surface area (TPSA) is 21.3 Å². The number of ether oxygens (including phenoxy) is 1. The second kappa shape index (κ2) is 5.01. The summed E-state index contributed by atoms with van der Waals surface area (Å²) in [6, 6.07) is 8.62. The zero-order valence-electron chi connectivity index (χ0n) is 9.19. The van der Waals surface area contributed by atoms with Crippen LogP contribution in [0.1, 0.15) is 23.4 Å². The van der Waals surface area contributed by atoms with E-state index in [1.807, 2.05) is 11.8 Å². The number of nitrogens with one attached hydrogen (secondary N) is 1. The Morgan fingerprint density at radius 1 is 1.53 bits per heavy atom. The lowest BCUT2D eigenvalue weighted by molar-refractivity contribution is 0.185. The van der Waals surface area contributed by atoms with Crippen molar-refractivity contribution in [3.8, 4) is 0 Å². The van der Waals surface area contributed by atoms with Gasteiger partial charge in [-0.3, -0.25) is 0 Å². The summed E-state index contributed by atoms with van der Waals surface area (Å²) >= 11 is 1.99. The maximum Gasteiger partial charge on any atom is 0.0793 e. The standard InChI is InChI=1S/C12H17NOS/c1-9-7-13-12(15-9)11-5-3-4-10(6-11)8-14-2/h3-6,9,12-13H,7-8H2,1-2H3. The summed E-state index contributed by atoms with van der Waals surface area (Å²) in [7, 11) is 1.73. The van der Waals surface area contributed by atoms with Crippen LogP contribution in [0.2, 0.25) is 0 Å². The first kappa shape index (κ1) is 11.0. The first-order valence-corrected chi connectivity index (χ1v) is 6.20. The Morgan fingerprint density at radius 3 is 3.07 bits per heavy atom. The molecular formula is C12H17NOS. The molecule has 0 saturated carbocycles. The van der Waals surface area contributed by atoms with Crippen LogP contribution in [0.4, 0.5) is 0 Å². The summed E-state index contributed by atoms with van der Waals surface area (Å²) in [6.45, 7) is 4.06. The Hall–Kier alpha value is -0.510. The lowest BCUT2D eigenvalue weighted by Crippen LogP contribution is -2.14. The van der Waals surface area contributed by atoms with Crippen LogP contribution in [-0.4, -0.2) is 18.9 Å². The molecule has 2 unspecified atom stereocenters. The Kier molecular flexibility index (Phi) is 3.67. The van der Waals surface area contributed by atoms with E-state index in [1.54, 1.807) is 7.11 Å². The fraction of sp³-hybridized carbons (Fsp3) is 0.500. The van der Waals surface area contributed by atoms with Crippen molar-refractivity contribution < 1.29 is 4.74 Å². The molecule has 2 atom stereocenters. The van der Waals surface area contributed by atoms with Crippen molar-refractivity contribution in [3.05, 3.63) is 35.4 Å². The largest absolute Gasteiger partial charge is 0.380 e. The quantitative estimate of drug-likeness (QED) is 0.851. The third kappa shape index (κ3) is 2.74. The second-order valence-corrected chi connectivity index (χ2v) is 5.46. The highest BCUT2D eigenvalue weighted by Gasteiger charge is 2.22. The van der Waals surface area contributed by atoms with Gasteiger partial charge in [0, 0.05) is 18.9 Å². The van der Waals surface area contributed by atoms with E-state index >= 15 is 0 Å². The number of hydrogen-bond acceptors (Lipinski definition) is 3. The van der Waals surface area contributed by atoms with Gasteiger partial charge in [0.15, 0.2) is 0 Å². The van der Waals surface area contributed by atoms with Gasteiger partial charge in [-0.1, -0.05) is 31.2 Å². The zero-order valence-corrected chi connectivity index (χ0v) is 10.0. The van der Waals surface area contributed by atoms with Gasteiger partial charge in [0.1, 0.15) is 0 Å². The molecule has 1 aliphatic rings. The van der Waals surface area contributed by atoms with Gasteiger partial charge in [0.05, 0.1) is 12.0 Å². The molecule has 82 valence electrons. The molecule has 1 N–H and O–H groups in total. The molecule has 1 aromatic rings. The summed E-state index contributed by atoms with van der Waals surface area (Å²) in [5.41, 5.74) is 2.61. The van der Waals surface area contributed by atoms with E-state index in [2.05, 4.69) is 36.5 Å². The van der Waals surface area contributed by atoms with Crippen LogP contribution < -0.4 is 5.32 Å². The lowest BCUT2D eigenvalue weighted by atomic mass is 10.1. The molecule has 1 aliphatic heterocycles. The monoisotopic (exact) mass is 223 g/mol. The van der Waals surface area contributed by atoms with Crippen molar-refractivity contribution in [2.24, 2.45) is 0 Å². The minimum Gasteiger partial charge on any atom is -0.380 e. The van der Waals surface area contributed by atoms with Gasteiger partial charge in [0.2, 0.25) is 0 Å². The molecular weight excluding hydrogens is 206 g/mol. The molecule has 1 saturated heterocycles. The third-order valence-corrected chi connectivity index (χ3v) is 3.87. The first-order valence-electron chi connectivity index (χ1n) is 5.26. The van der Waals surface area contributed by atoms with Crippen molar-refractivity contribution in [3.63, 3.8) is 0 Å². The van der Waals surface area contributed by atoms with Crippen LogP contribution in [0, 0.1) is 0 Å². The van der Waals surface area contributed by atoms with Crippen molar-refractivity contribution in [1.29, 1.82) is 0 Å². The van der Waals surface area contributed by atoms with Crippen LogP contribution in [-0.2, 0) is 11.3 Å². The number of thioether (sulfide) groups is 1. The smallest absolute Gasteiger partial charge is 0.0793 e. The van der Waals surface area contributed by atoms with Gasteiger partial charge in [-0.05, 0) is 11.1 Å². The maximum absolute atomic E-state index is 5.14. The van der Waals surface area contributed by atoms with E-state index in [0.717, 1.165) is 6.54 Å². The van der Waals surface area contributed by atoms with Crippen molar-refractivity contribution >= 4 is 11.8 Å². The number of hydrogen-bond donors (Lipinski definition) is 1. The van der Waals surface area contributed by atoms with Crippen LogP contribution >= 0.6 is 11.8 Å². The predicted octanol–water partition coefficient (Wildman–Crippen LogP) is 2.56. The van der Waals surface area contributed by atoms with Crippen LogP contribution in [0.15, 0.2) is 24.3 Å². The van der Waals surface area contributed by atoms with Crippen molar-refractivity contribution in [2.45, 2.75) is 24.2 Å². The van der Waals surface area contributed by atoms with E-state index in [0.29, 0.717) is 17.2 Å². The van der Waals surface area contributed by atoms with Crippen molar-refractivity contribution in [2.75, 3.05) is 13.7 Å². The van der Waals surface area contributed by atoms with Gasteiger partial charge in [0.25, 0.3) is 0 Å². The molecule has 0 aliphatic carbocycles. The van der Waals surface area contributed by atoms with Gasteiger partial charge >= 0.3 is 0 Å². The summed E-state index contributed by atoms with van der Waals surface area (Å²) in [5.74, 6) is 0. The molecule has 1 heterocycles. The highest BCUT2D eigenvalue weighted by atomic mass is 32.2. The van der Waals surface area contributed by atoms with E-state index in [-0.39, 0.29) is 0 Å². The fourth-order valence-corrected chi connectivity index (χ4v) is 2.96. The molecule has 0 amide bonds. The average Bonchev–Trinajstić information content (AvgIpc) is 2.66. The van der Waals surface area contributed by atoms with E-state index in [1.165, 1.54) is 11.1 Å². The van der Waals surface area contributed by atoms with Crippen LogP contribution in [0.3, 0.4) is 0 Å². The molecule has 0 bridgehead atoms. The Morgan fingerprint density at radius 2 is 2.40 bits per heavy atom. The molecule has 2 nitrogen and oxygen atoms in total. The van der Waals surface area contributed by atoms with Gasteiger partial charge in [-0.25, -0.2) is 0 Å². The van der Waals surface area contributed by atoms with Crippen LogP contribution in [0.25, 0.3) is 0 Å². The molecule has 0 spiro atoms. The molecule has 0 aromatic heterocycles. The summed E-state index contributed by atoms with van der Waals surface area (Å²) in [4.78, 5) is 0. The number of rotatable bonds is 3. The highest BCUT2D eigenvalue weighted by Crippen LogP contribution is 2.34. The minimum absolute atomic E-state index is 0.455. The normalized spacial score (nSPS) is 25.7. The SMILES string of the molecule is COCc1cccc(C2NCC(C)S2)c1. The fourth-order valence-electron chi connectivity index (χ4n) is 1.81. The van der Waals surface area contributed by atoms with E-state index in [4.69, 9.17) is 4.74 Å². The molecule has 3 heteroatoms. The summed E-state index contributed by atoms with van der Waals surface area (Å²) in [6.07, 6.45) is 0. The van der Waals surface area contributed by atoms with Gasteiger partial charge in [-0.2, -0.15) is 0 Å². The average molecular weight is 223 g/mol. The molecule has 1 fully saturated rings. The Labute approximate surface area is 95.4 Å². The predicted molar refractivity (Wildman–Crippen MR) is 65.0 cm³/mol. The minimum atomic E-state index is 0.455. The lowest BCUT2D eigenvalue weighted by Gasteiger charge is -2.11. The van der Waals surface area contributed by atoms with Gasteiger partial charge < -0.3 is 10.1 Å². The molecule has 1 aromatic carbocycles. The van der Waals surface area contributed by atoms with E-state index < -0.39 is 0 Å². The third-order valence-electron chi connectivity index (χ3n) is 2.52. The zero-order chi connectivity index (χ0) is 10.7. The van der Waals surface area contributed by atoms with Gasteiger partial charge in [-0.15, -0.1) is 11.8 Å². The Balaban J connectivity index is 2.10. The second-order valence-electron chi connectivity index (χ2n) is 3.91. The number of methoxy groups -OCH3 is 1. The van der Waals surface area contributed by atoms with E-state index in [9.17, 15) is 0 Å². The van der Waals surface area contributed by atoms with Crippen molar-refractivity contribution in [1.82, 2.24) is 5.32 Å². The molecule has 2 rings (SSSR count).